The van der Waals surface area contributed by atoms with Crippen LogP contribution in [0.3, 0.4) is 0 Å². The van der Waals surface area contributed by atoms with E-state index >= 15 is 0 Å². The van der Waals surface area contributed by atoms with Gasteiger partial charge in [-0.3, -0.25) is 14.6 Å². The Labute approximate surface area is 99.0 Å². The second-order valence-electron chi connectivity index (χ2n) is 5.07. The Morgan fingerprint density at radius 1 is 1.31 bits per heavy atom. The van der Waals surface area contributed by atoms with E-state index in [0.717, 1.165) is 11.1 Å². The number of nitrogens with zero attached hydrogens (tertiary/aromatic N) is 1. The molecule has 0 spiro atoms. The standard InChI is InChI=1S/C12H15ClN2O/c1-12(2,3)7-5-6-8(13)9-10(7)15(4)14-11(9)16/h5-6H,1-4H3,(H,14,16). The predicted octanol–water partition coefficient (Wildman–Crippen LogP) is 2.82. The van der Waals surface area contributed by atoms with Crippen LogP contribution in [0, 0.1) is 0 Å². The van der Waals surface area contributed by atoms with Crippen LogP contribution in [-0.4, -0.2) is 9.78 Å². The highest BCUT2D eigenvalue weighted by molar-refractivity contribution is 6.35. The third kappa shape index (κ3) is 1.55. The van der Waals surface area contributed by atoms with Crippen molar-refractivity contribution in [3.8, 4) is 0 Å². The first kappa shape index (κ1) is 11.3. The van der Waals surface area contributed by atoms with E-state index in [-0.39, 0.29) is 11.0 Å². The second kappa shape index (κ2) is 3.39. The molecule has 2 aromatic rings. The molecule has 1 aromatic carbocycles. The summed E-state index contributed by atoms with van der Waals surface area (Å²) in [5, 5.41) is 3.83. The number of benzene rings is 1. The zero-order valence-corrected chi connectivity index (χ0v) is 10.6. The lowest BCUT2D eigenvalue weighted by Gasteiger charge is -2.20. The molecule has 16 heavy (non-hydrogen) atoms. The molecule has 1 N–H and O–H groups in total. The Hall–Kier alpha value is -1.22. The summed E-state index contributed by atoms with van der Waals surface area (Å²) in [4.78, 5) is 11.7. The van der Waals surface area contributed by atoms with Gasteiger partial charge in [-0.2, -0.15) is 0 Å². The fourth-order valence-electron chi connectivity index (χ4n) is 2.00. The topological polar surface area (TPSA) is 37.8 Å². The molecule has 2 rings (SSSR count). The highest BCUT2D eigenvalue weighted by Crippen LogP contribution is 2.31. The van der Waals surface area contributed by atoms with Gasteiger partial charge in [0.1, 0.15) is 0 Å². The summed E-state index contributed by atoms with van der Waals surface area (Å²) < 4.78 is 1.74. The molecule has 1 aromatic heterocycles. The maximum absolute atomic E-state index is 11.7. The SMILES string of the molecule is Cn1[nH]c(=O)c2c(Cl)ccc(C(C)(C)C)c21. The summed E-state index contributed by atoms with van der Waals surface area (Å²) in [6, 6.07) is 3.78. The minimum Gasteiger partial charge on any atom is -0.287 e. The van der Waals surface area contributed by atoms with Crippen LogP contribution in [0.2, 0.25) is 5.02 Å². The van der Waals surface area contributed by atoms with Gasteiger partial charge in [0.15, 0.2) is 0 Å². The zero-order chi connectivity index (χ0) is 12.1. The molecular formula is C12H15ClN2O. The van der Waals surface area contributed by atoms with Crippen molar-refractivity contribution >= 4 is 22.5 Å². The van der Waals surface area contributed by atoms with Crippen molar-refractivity contribution in [2.75, 3.05) is 0 Å². The normalized spacial score (nSPS) is 12.3. The fourth-order valence-corrected chi connectivity index (χ4v) is 2.24. The highest BCUT2D eigenvalue weighted by Gasteiger charge is 2.21. The predicted molar refractivity (Wildman–Crippen MR) is 67.2 cm³/mol. The number of hydrogen-bond donors (Lipinski definition) is 1. The molecule has 0 aliphatic heterocycles. The number of nitrogens with one attached hydrogen (secondary N) is 1. The third-order valence-corrected chi connectivity index (χ3v) is 3.08. The Morgan fingerprint density at radius 2 is 1.94 bits per heavy atom. The van der Waals surface area contributed by atoms with Crippen LogP contribution in [-0.2, 0) is 12.5 Å². The molecule has 0 radical (unpaired) electrons. The first-order valence-corrected chi connectivity index (χ1v) is 5.58. The molecule has 86 valence electrons. The lowest BCUT2D eigenvalue weighted by Crippen LogP contribution is -2.13. The fraction of sp³-hybridized carbons (Fsp3) is 0.417. The van der Waals surface area contributed by atoms with Gasteiger partial charge >= 0.3 is 0 Å². The molecule has 0 amide bonds. The Kier molecular flexibility index (Phi) is 2.39. The van der Waals surface area contributed by atoms with Crippen LogP contribution in [0.25, 0.3) is 10.9 Å². The van der Waals surface area contributed by atoms with Gasteiger partial charge < -0.3 is 0 Å². The summed E-state index contributed by atoms with van der Waals surface area (Å²) in [6.45, 7) is 6.35. The van der Waals surface area contributed by atoms with E-state index in [1.165, 1.54) is 0 Å². The monoisotopic (exact) mass is 238 g/mol. The molecule has 0 aliphatic carbocycles. The summed E-state index contributed by atoms with van der Waals surface area (Å²) in [7, 11) is 1.83. The lowest BCUT2D eigenvalue weighted by molar-refractivity contribution is 0.590. The molecule has 0 saturated heterocycles. The van der Waals surface area contributed by atoms with Crippen LogP contribution < -0.4 is 5.56 Å². The average molecular weight is 239 g/mol. The van der Waals surface area contributed by atoms with E-state index in [4.69, 9.17) is 11.6 Å². The number of aryl methyl sites for hydroxylation is 1. The van der Waals surface area contributed by atoms with E-state index in [9.17, 15) is 4.79 Å². The summed E-state index contributed by atoms with van der Waals surface area (Å²) >= 11 is 6.06. The number of rotatable bonds is 0. The van der Waals surface area contributed by atoms with Gasteiger partial charge in [-0.25, -0.2) is 0 Å². The number of H-pyrrole nitrogens is 1. The van der Waals surface area contributed by atoms with Crippen molar-refractivity contribution in [1.29, 1.82) is 0 Å². The molecule has 0 bridgehead atoms. The van der Waals surface area contributed by atoms with E-state index < -0.39 is 0 Å². The summed E-state index contributed by atoms with van der Waals surface area (Å²) in [5.74, 6) is 0. The number of halogens is 1. The van der Waals surface area contributed by atoms with Crippen molar-refractivity contribution in [3.63, 3.8) is 0 Å². The molecule has 3 nitrogen and oxygen atoms in total. The lowest BCUT2D eigenvalue weighted by atomic mass is 9.86. The summed E-state index contributed by atoms with van der Waals surface area (Å²) in [6.07, 6.45) is 0. The van der Waals surface area contributed by atoms with Gasteiger partial charge in [0.05, 0.1) is 15.9 Å². The van der Waals surface area contributed by atoms with Crippen LogP contribution in [0.4, 0.5) is 0 Å². The minimum atomic E-state index is -0.131. The molecule has 0 saturated carbocycles. The van der Waals surface area contributed by atoms with Gasteiger partial charge in [-0.15, -0.1) is 0 Å². The van der Waals surface area contributed by atoms with E-state index in [0.29, 0.717) is 10.4 Å². The van der Waals surface area contributed by atoms with Crippen LogP contribution in [0.5, 0.6) is 0 Å². The van der Waals surface area contributed by atoms with Gasteiger partial charge in [0.25, 0.3) is 5.56 Å². The molecule has 0 unspecified atom stereocenters. The number of fused-ring (bicyclic) bond motifs is 1. The number of aromatic nitrogens is 2. The largest absolute Gasteiger partial charge is 0.287 e. The van der Waals surface area contributed by atoms with Crippen molar-refractivity contribution in [1.82, 2.24) is 9.78 Å². The van der Waals surface area contributed by atoms with Crippen molar-refractivity contribution in [2.24, 2.45) is 7.05 Å². The van der Waals surface area contributed by atoms with Crippen LogP contribution in [0.15, 0.2) is 16.9 Å². The molecule has 0 atom stereocenters. The van der Waals surface area contributed by atoms with Crippen LogP contribution >= 0.6 is 11.6 Å². The average Bonchev–Trinajstić information content (AvgIpc) is 2.42. The van der Waals surface area contributed by atoms with Gasteiger partial charge in [0, 0.05) is 7.05 Å². The maximum atomic E-state index is 11.7. The first-order chi connectivity index (χ1) is 7.32. The molecule has 1 heterocycles. The highest BCUT2D eigenvalue weighted by atomic mass is 35.5. The van der Waals surface area contributed by atoms with Crippen molar-refractivity contribution < 1.29 is 0 Å². The first-order valence-electron chi connectivity index (χ1n) is 5.20. The van der Waals surface area contributed by atoms with Crippen molar-refractivity contribution in [3.05, 3.63) is 33.1 Å². The molecular weight excluding hydrogens is 224 g/mol. The summed E-state index contributed by atoms with van der Waals surface area (Å²) in [5.41, 5.74) is 1.86. The zero-order valence-electron chi connectivity index (χ0n) is 9.89. The molecule has 0 fully saturated rings. The van der Waals surface area contributed by atoms with Gasteiger partial charge in [-0.05, 0) is 17.0 Å². The van der Waals surface area contributed by atoms with Gasteiger partial charge in [-0.1, -0.05) is 38.4 Å². The van der Waals surface area contributed by atoms with E-state index in [2.05, 4.69) is 25.9 Å². The Morgan fingerprint density at radius 3 is 2.50 bits per heavy atom. The van der Waals surface area contributed by atoms with E-state index in [1.807, 2.05) is 13.1 Å². The third-order valence-electron chi connectivity index (χ3n) is 2.77. The number of aromatic amines is 1. The van der Waals surface area contributed by atoms with Crippen LogP contribution in [0.1, 0.15) is 26.3 Å². The number of hydrogen-bond acceptors (Lipinski definition) is 1. The van der Waals surface area contributed by atoms with E-state index in [1.54, 1.807) is 10.7 Å². The Bertz CT molecular complexity index is 602. The maximum Gasteiger partial charge on any atom is 0.273 e. The quantitative estimate of drug-likeness (QED) is 0.753. The van der Waals surface area contributed by atoms with Gasteiger partial charge in [0.2, 0.25) is 0 Å². The minimum absolute atomic E-state index is 0.0186. The second-order valence-corrected chi connectivity index (χ2v) is 5.48. The smallest absolute Gasteiger partial charge is 0.273 e. The molecule has 0 aliphatic rings. The van der Waals surface area contributed by atoms with Crippen molar-refractivity contribution in [2.45, 2.75) is 26.2 Å². The molecule has 4 heteroatoms. The Balaban J connectivity index is 3.00.